The summed E-state index contributed by atoms with van der Waals surface area (Å²) >= 11 is 0. The molecule has 0 saturated heterocycles. The molecule has 3 heteroatoms. The minimum absolute atomic E-state index is 0.346. The number of aliphatic hydroxyl groups excluding tert-OH is 1. The zero-order chi connectivity index (χ0) is 9.52. The normalized spacial score (nSPS) is 10.2. The third kappa shape index (κ3) is 3.09. The van der Waals surface area contributed by atoms with Crippen LogP contribution in [0.1, 0.15) is 5.56 Å². The van der Waals surface area contributed by atoms with E-state index in [1.165, 1.54) is 6.08 Å². The Bertz CT molecular complexity index is 305. The maximum absolute atomic E-state index is 10.0. The lowest BCUT2D eigenvalue weighted by Crippen LogP contribution is -1.94. The average molecular weight is 178 g/mol. The first-order chi connectivity index (χ1) is 6.36. The highest BCUT2D eigenvalue weighted by Gasteiger charge is 1.92. The molecule has 0 bridgehead atoms. The first kappa shape index (κ1) is 9.48. The highest BCUT2D eigenvalue weighted by Crippen LogP contribution is 2.13. The summed E-state index contributed by atoms with van der Waals surface area (Å²) in [6, 6.07) is 7.09. The molecule has 0 aliphatic rings. The quantitative estimate of drug-likeness (QED) is 0.428. The fourth-order valence-corrected chi connectivity index (χ4v) is 0.933. The Hall–Kier alpha value is -1.61. The summed E-state index contributed by atoms with van der Waals surface area (Å²) < 4.78 is 4.86. The molecule has 1 N–H and O–H groups in total. The van der Waals surface area contributed by atoms with Crippen LogP contribution in [0.4, 0.5) is 0 Å². The van der Waals surface area contributed by atoms with E-state index in [2.05, 4.69) is 0 Å². The molecule has 0 saturated carbocycles. The molecule has 0 atom stereocenters. The molecule has 0 radical (unpaired) electrons. The SMILES string of the molecule is O=C/C=C/c1cccc(OCO)c1. The molecule has 0 aliphatic carbocycles. The average Bonchev–Trinajstić information content (AvgIpc) is 2.16. The van der Waals surface area contributed by atoms with Crippen molar-refractivity contribution in [2.75, 3.05) is 6.79 Å². The largest absolute Gasteiger partial charge is 0.468 e. The Kier molecular flexibility index (Phi) is 3.73. The fraction of sp³-hybridized carbons (Fsp3) is 0.100. The van der Waals surface area contributed by atoms with Gasteiger partial charge in [-0.2, -0.15) is 0 Å². The van der Waals surface area contributed by atoms with Crippen LogP contribution in [-0.2, 0) is 4.79 Å². The summed E-state index contributed by atoms with van der Waals surface area (Å²) in [4.78, 5) is 10.0. The number of allylic oxidation sites excluding steroid dienone is 1. The molecule has 0 spiro atoms. The number of ether oxygens (including phenoxy) is 1. The van der Waals surface area contributed by atoms with Crippen LogP contribution in [0.3, 0.4) is 0 Å². The van der Waals surface area contributed by atoms with Crippen LogP contribution < -0.4 is 4.74 Å². The van der Waals surface area contributed by atoms with Crippen LogP contribution in [0.25, 0.3) is 6.08 Å². The van der Waals surface area contributed by atoms with Crippen LogP contribution in [0.5, 0.6) is 5.75 Å². The van der Waals surface area contributed by atoms with Crippen molar-refractivity contribution in [3.63, 3.8) is 0 Å². The van der Waals surface area contributed by atoms with Crippen molar-refractivity contribution in [3.05, 3.63) is 35.9 Å². The van der Waals surface area contributed by atoms with Gasteiger partial charge in [-0.05, 0) is 23.8 Å². The van der Waals surface area contributed by atoms with Crippen LogP contribution in [-0.4, -0.2) is 18.2 Å². The van der Waals surface area contributed by atoms with Crippen molar-refractivity contribution in [3.8, 4) is 5.75 Å². The Morgan fingerprint density at radius 1 is 1.46 bits per heavy atom. The van der Waals surface area contributed by atoms with Gasteiger partial charge in [-0.3, -0.25) is 4.79 Å². The molecule has 3 nitrogen and oxygen atoms in total. The lowest BCUT2D eigenvalue weighted by atomic mass is 10.2. The van der Waals surface area contributed by atoms with Crippen LogP contribution in [0.15, 0.2) is 30.3 Å². The minimum atomic E-state index is -0.346. The van der Waals surface area contributed by atoms with E-state index < -0.39 is 0 Å². The smallest absolute Gasteiger partial charge is 0.186 e. The molecular weight excluding hydrogens is 168 g/mol. The summed E-state index contributed by atoms with van der Waals surface area (Å²) in [7, 11) is 0. The molecule has 0 aromatic heterocycles. The van der Waals surface area contributed by atoms with Gasteiger partial charge in [-0.1, -0.05) is 18.2 Å². The summed E-state index contributed by atoms with van der Waals surface area (Å²) in [5, 5.41) is 8.49. The van der Waals surface area contributed by atoms with Crippen molar-refractivity contribution in [2.45, 2.75) is 0 Å². The van der Waals surface area contributed by atoms with Crippen molar-refractivity contribution >= 4 is 12.4 Å². The molecule has 0 fully saturated rings. The van der Waals surface area contributed by atoms with Gasteiger partial charge < -0.3 is 9.84 Å². The van der Waals surface area contributed by atoms with E-state index in [0.29, 0.717) is 12.0 Å². The Morgan fingerprint density at radius 3 is 3.00 bits per heavy atom. The first-order valence-electron chi connectivity index (χ1n) is 3.82. The van der Waals surface area contributed by atoms with E-state index in [9.17, 15) is 4.79 Å². The van der Waals surface area contributed by atoms with Gasteiger partial charge >= 0.3 is 0 Å². The molecule has 1 rings (SSSR count). The molecule has 0 unspecified atom stereocenters. The highest BCUT2D eigenvalue weighted by atomic mass is 16.6. The molecular formula is C10H10O3. The van der Waals surface area contributed by atoms with Crippen molar-refractivity contribution in [1.82, 2.24) is 0 Å². The zero-order valence-electron chi connectivity index (χ0n) is 7.01. The third-order valence-electron chi connectivity index (χ3n) is 1.46. The second-order valence-electron chi connectivity index (χ2n) is 2.34. The topological polar surface area (TPSA) is 46.5 Å². The molecule has 0 aliphatic heterocycles. The Balaban J connectivity index is 2.78. The number of hydrogen-bond donors (Lipinski definition) is 1. The standard InChI is InChI=1S/C10H10O3/c11-6-2-4-9-3-1-5-10(7-9)13-8-12/h1-7,12H,8H2/b4-2+. The van der Waals surface area contributed by atoms with E-state index in [4.69, 9.17) is 9.84 Å². The van der Waals surface area contributed by atoms with E-state index >= 15 is 0 Å². The van der Waals surface area contributed by atoms with Gasteiger partial charge in [0.25, 0.3) is 0 Å². The number of carbonyl (C=O) groups excluding carboxylic acids is 1. The number of aldehydes is 1. The minimum Gasteiger partial charge on any atom is -0.468 e. The second-order valence-corrected chi connectivity index (χ2v) is 2.34. The van der Waals surface area contributed by atoms with Gasteiger partial charge in [0.2, 0.25) is 0 Å². The lowest BCUT2D eigenvalue weighted by molar-refractivity contribution is -0.104. The van der Waals surface area contributed by atoms with E-state index in [1.54, 1.807) is 24.3 Å². The zero-order valence-corrected chi connectivity index (χ0v) is 7.01. The van der Waals surface area contributed by atoms with E-state index in [-0.39, 0.29) is 6.79 Å². The number of carbonyl (C=O) groups is 1. The maximum Gasteiger partial charge on any atom is 0.186 e. The molecule has 68 valence electrons. The molecule has 0 heterocycles. The molecule has 0 amide bonds. The van der Waals surface area contributed by atoms with Gasteiger partial charge in [-0.25, -0.2) is 0 Å². The van der Waals surface area contributed by atoms with Gasteiger partial charge in [0.05, 0.1) is 0 Å². The number of hydrogen-bond acceptors (Lipinski definition) is 3. The summed E-state index contributed by atoms with van der Waals surface area (Å²) in [6.07, 6.45) is 3.77. The second kappa shape index (κ2) is 5.11. The molecule has 13 heavy (non-hydrogen) atoms. The van der Waals surface area contributed by atoms with Crippen molar-refractivity contribution in [2.24, 2.45) is 0 Å². The van der Waals surface area contributed by atoms with Gasteiger partial charge in [0.1, 0.15) is 12.0 Å². The first-order valence-corrected chi connectivity index (χ1v) is 3.82. The number of aliphatic hydroxyl groups is 1. The van der Waals surface area contributed by atoms with Crippen molar-refractivity contribution < 1.29 is 14.6 Å². The van der Waals surface area contributed by atoms with Gasteiger partial charge in [0, 0.05) is 0 Å². The van der Waals surface area contributed by atoms with Crippen LogP contribution >= 0.6 is 0 Å². The molecule has 1 aromatic carbocycles. The summed E-state index contributed by atoms with van der Waals surface area (Å²) in [5.74, 6) is 0.579. The maximum atomic E-state index is 10.0. The van der Waals surface area contributed by atoms with Gasteiger partial charge in [0.15, 0.2) is 6.79 Å². The monoisotopic (exact) mass is 178 g/mol. The number of benzene rings is 1. The van der Waals surface area contributed by atoms with Gasteiger partial charge in [-0.15, -0.1) is 0 Å². The van der Waals surface area contributed by atoms with E-state index in [0.717, 1.165) is 5.56 Å². The third-order valence-corrected chi connectivity index (χ3v) is 1.46. The van der Waals surface area contributed by atoms with Crippen molar-refractivity contribution in [1.29, 1.82) is 0 Å². The van der Waals surface area contributed by atoms with Crippen LogP contribution in [0.2, 0.25) is 0 Å². The fourth-order valence-electron chi connectivity index (χ4n) is 0.933. The van der Waals surface area contributed by atoms with E-state index in [1.807, 2.05) is 6.07 Å². The molecule has 1 aromatic rings. The highest BCUT2D eigenvalue weighted by molar-refractivity contribution is 5.74. The van der Waals surface area contributed by atoms with Crippen LogP contribution in [0, 0.1) is 0 Å². The summed E-state index contributed by atoms with van der Waals surface area (Å²) in [5.41, 5.74) is 0.859. The Labute approximate surface area is 76.3 Å². The lowest BCUT2D eigenvalue weighted by Gasteiger charge is -2.01. The Morgan fingerprint density at radius 2 is 2.31 bits per heavy atom. The predicted molar refractivity (Wildman–Crippen MR) is 49.3 cm³/mol. The predicted octanol–water partition coefficient (Wildman–Crippen LogP) is 1.23. The number of rotatable bonds is 4. The summed E-state index contributed by atoms with van der Waals surface area (Å²) in [6.45, 7) is -0.346.